The molecule has 660 valence electrons. The average Bonchev–Trinajstić information content (AvgIpc) is 1.61. The maximum atomic E-state index is 13.6. The fourth-order valence-electron chi connectivity index (χ4n) is 19.3. The molecule has 6 aliphatic rings. The number of thioether (sulfide) groups is 3. The maximum Gasteiger partial charge on any atom is 0.338 e. The van der Waals surface area contributed by atoms with Gasteiger partial charge in [-0.25, -0.2) is 4.79 Å². The van der Waals surface area contributed by atoms with E-state index in [0.29, 0.717) is 81.8 Å². The van der Waals surface area contributed by atoms with Crippen LogP contribution in [0.4, 0.5) is 0 Å². The van der Waals surface area contributed by atoms with E-state index in [1.807, 2.05) is 119 Å². The van der Waals surface area contributed by atoms with Crippen molar-refractivity contribution in [3.05, 3.63) is 190 Å². The largest absolute Gasteiger partial charge is 0.478 e. The zero-order valence-electron chi connectivity index (χ0n) is 75.0. The number of pyridine rings is 3. The number of rotatable bonds is 25. The molecule has 10 radical (unpaired) electrons. The number of halogens is 1. The third kappa shape index (κ3) is 24.2. The number of nitrogens with two attached hydrogens (primary N) is 1. The van der Waals surface area contributed by atoms with Crippen molar-refractivity contribution in [2.45, 2.75) is 255 Å². The second-order valence-corrected chi connectivity index (χ2v) is 38.3. The van der Waals surface area contributed by atoms with E-state index in [-0.39, 0.29) is 90.1 Å². The topological polar surface area (TPSA) is 299 Å². The Hall–Kier alpha value is -6.88. The van der Waals surface area contributed by atoms with E-state index in [2.05, 4.69) is 129 Å². The number of carboxylic acids is 1. The molecular formula is C91H127B8ClN12O10S3. The van der Waals surface area contributed by atoms with E-state index in [4.69, 9.17) is 58.6 Å². The van der Waals surface area contributed by atoms with Gasteiger partial charge in [0.15, 0.2) is 0 Å². The molecule has 3 aliphatic carbocycles. The minimum absolute atomic E-state index is 0. The van der Waals surface area contributed by atoms with Crippen LogP contribution in [0.2, 0.25) is 0 Å². The quantitative estimate of drug-likeness (QED) is 0.0188. The van der Waals surface area contributed by atoms with Gasteiger partial charge in [0.25, 0.3) is 28.5 Å². The fourth-order valence-corrected chi connectivity index (χ4v) is 21.4. The van der Waals surface area contributed by atoms with Crippen molar-refractivity contribution in [2.24, 2.45) is 23.5 Å². The number of carbonyl (C=O) groups is 3. The molecule has 34 heteroatoms. The van der Waals surface area contributed by atoms with Crippen LogP contribution in [0.3, 0.4) is 0 Å². The summed E-state index contributed by atoms with van der Waals surface area (Å²) < 4.78 is 23.2. The highest BCUT2D eigenvalue weighted by Gasteiger charge is 2.41. The van der Waals surface area contributed by atoms with Gasteiger partial charge in [-0.1, -0.05) is 62.0 Å². The zero-order valence-corrected chi connectivity index (χ0v) is 78.3. The first-order valence-electron chi connectivity index (χ1n) is 43.5. The van der Waals surface area contributed by atoms with Gasteiger partial charge < -0.3 is 80.3 Å². The first-order valence-corrected chi connectivity index (χ1v) is 47.1. The summed E-state index contributed by atoms with van der Waals surface area (Å²) in [6, 6.07) is 32.7. The van der Waals surface area contributed by atoms with Crippen molar-refractivity contribution in [1.82, 2.24) is 55.2 Å². The van der Waals surface area contributed by atoms with Crippen molar-refractivity contribution < 1.29 is 33.7 Å². The number of aromatic nitrogens is 6. The molecule has 0 unspecified atom stereocenters. The van der Waals surface area contributed by atoms with E-state index in [0.717, 1.165) is 147 Å². The molecule has 2 amide bonds. The predicted octanol–water partition coefficient (Wildman–Crippen LogP) is 13.2. The third-order valence-corrected chi connectivity index (χ3v) is 28.6. The van der Waals surface area contributed by atoms with Crippen molar-refractivity contribution >= 4 is 156 Å². The second-order valence-electron chi connectivity index (χ2n) is 35.8. The van der Waals surface area contributed by atoms with E-state index in [1.165, 1.54) is 74.9 Å². The third-order valence-electron chi connectivity index (χ3n) is 26.2. The number of amides is 2. The molecule has 9 heterocycles. The first-order chi connectivity index (χ1) is 58.5. The molecule has 22 nitrogen and oxygen atoms in total. The van der Waals surface area contributed by atoms with Gasteiger partial charge in [-0.3, -0.25) is 24.0 Å². The molecular weight excluding hydrogens is 1640 g/mol. The molecule has 0 bridgehead atoms. The summed E-state index contributed by atoms with van der Waals surface area (Å²) in [5.41, 5.74) is 17.8. The van der Waals surface area contributed by atoms with Crippen LogP contribution in [-0.2, 0) is 33.8 Å². The molecule has 3 aromatic carbocycles. The van der Waals surface area contributed by atoms with Crippen molar-refractivity contribution in [3.8, 4) is 0 Å². The summed E-state index contributed by atoms with van der Waals surface area (Å²) in [6.45, 7) is 30.8. The minimum Gasteiger partial charge on any atom is -0.478 e. The number of hydrogen-bond acceptors (Lipinski definition) is 16. The maximum absolute atomic E-state index is 13.6. The van der Waals surface area contributed by atoms with Gasteiger partial charge >= 0.3 is 5.97 Å². The molecule has 3 atom stereocenters. The van der Waals surface area contributed by atoms with Gasteiger partial charge in [0.05, 0.1) is 72.9 Å². The molecule has 9 aromatic rings. The lowest BCUT2D eigenvalue weighted by Gasteiger charge is -2.44. The number of carboxylic acid groups (broad SMARTS) is 1. The Balaban J connectivity index is 0.000000191. The lowest BCUT2D eigenvalue weighted by atomic mass is 8.68. The Labute approximate surface area is 765 Å². The fraction of sp³-hybridized carbons (Fsp3) is 0.538. The normalized spacial score (nSPS) is 20.3. The van der Waals surface area contributed by atoms with Crippen molar-refractivity contribution in [2.75, 3.05) is 58.4 Å². The Morgan fingerprint density at radius 3 is 0.984 bits per heavy atom. The monoisotopic (exact) mass is 1770 g/mol. The summed E-state index contributed by atoms with van der Waals surface area (Å²) >= 11 is 4.59. The van der Waals surface area contributed by atoms with Gasteiger partial charge in [-0.15, -0.1) is 47.7 Å². The summed E-state index contributed by atoms with van der Waals surface area (Å²) in [5.74, 6) is 0.572. The number of ether oxygens (including phenoxy) is 3. The SMILES string of the molecule is C.CSc1cc(C)[nH]c(=O)c1CN.CSc1cc(C)[nH]c(=O)c1CNC(=O)c1c(C)n([C@H](C)C2CCC(NC3(C)COC3)CC2)c2ccccc12.CSc1cc(C)[nH]c(=O)c1CNC(=O)c1c(C)n([C@H](C)C2CCC(NC3(C)COC3)CC2)c2ccccc12.Cc1c(C(=O)O)c2ccccc2n1[C@H](C)C1CCC(NC2(C)COC2)CC1.Cl.[B]B([B])B([B])B([B])[B]. The molecule has 11 N–H and O–H groups in total. The zero-order chi connectivity index (χ0) is 89.1. The Kier molecular flexibility index (Phi) is 36.8. The summed E-state index contributed by atoms with van der Waals surface area (Å²) in [5, 5.41) is 30.0. The van der Waals surface area contributed by atoms with Crippen LogP contribution in [-0.4, -0.2) is 203 Å². The number of nitrogens with zero attached hydrogens (tertiary/aromatic N) is 3. The van der Waals surface area contributed by atoms with Crippen LogP contribution >= 0.6 is 47.7 Å². The molecule has 6 fully saturated rings. The second kappa shape index (κ2) is 45.1. The first kappa shape index (κ1) is 102. The number of carbonyl (C=O) groups excluding carboxylic acids is 2. The number of H-pyrrole nitrogens is 3. The van der Waals surface area contributed by atoms with Crippen LogP contribution in [0.1, 0.15) is 226 Å². The highest BCUT2D eigenvalue weighted by molar-refractivity contribution is 7.99. The van der Waals surface area contributed by atoms with Gasteiger partial charge in [0, 0.05) is 212 Å². The van der Waals surface area contributed by atoms with E-state index in [9.17, 15) is 33.9 Å². The van der Waals surface area contributed by atoms with Crippen molar-refractivity contribution in [1.29, 1.82) is 0 Å². The molecule has 3 aliphatic heterocycles. The van der Waals surface area contributed by atoms with Crippen LogP contribution < -0.4 is 49.0 Å². The number of aryl methyl sites for hydroxylation is 3. The Bertz CT molecular complexity index is 5140. The van der Waals surface area contributed by atoms with Crippen LogP contribution in [0.5, 0.6) is 0 Å². The highest BCUT2D eigenvalue weighted by Crippen LogP contribution is 2.43. The average molecular weight is 1770 g/mol. The minimum atomic E-state index is -0.835. The van der Waals surface area contributed by atoms with Gasteiger partial charge in [-0.2, -0.15) is 0 Å². The smallest absolute Gasteiger partial charge is 0.338 e. The van der Waals surface area contributed by atoms with Crippen LogP contribution in [0.25, 0.3) is 32.7 Å². The highest BCUT2D eigenvalue weighted by atomic mass is 35.5. The van der Waals surface area contributed by atoms with E-state index >= 15 is 0 Å². The summed E-state index contributed by atoms with van der Waals surface area (Å²) in [7, 11) is 25.8. The van der Waals surface area contributed by atoms with Gasteiger partial charge in [0.2, 0.25) is 0 Å². The summed E-state index contributed by atoms with van der Waals surface area (Å²) in [6.07, 6.45) is 18.1. The number of para-hydroxylation sites is 3. The van der Waals surface area contributed by atoms with E-state index < -0.39 is 25.1 Å². The van der Waals surface area contributed by atoms with Crippen molar-refractivity contribution in [3.63, 3.8) is 0 Å². The lowest BCUT2D eigenvalue weighted by Crippen LogP contribution is -2.61. The van der Waals surface area contributed by atoms with Gasteiger partial charge in [0.1, 0.15) is 0 Å². The number of aromatic amines is 3. The van der Waals surface area contributed by atoms with E-state index in [1.54, 1.807) is 11.8 Å². The molecule has 6 aromatic heterocycles. The molecule has 0 spiro atoms. The number of aromatic carboxylic acids is 1. The Morgan fingerprint density at radius 2 is 0.736 bits per heavy atom. The molecule has 3 saturated carbocycles. The lowest BCUT2D eigenvalue weighted by molar-refractivity contribution is -0.0719. The number of benzene rings is 3. The number of fused-ring (bicyclic) bond motifs is 3. The summed E-state index contributed by atoms with van der Waals surface area (Å²) in [4.78, 5) is 86.7. The molecule has 15 rings (SSSR count). The molecule has 125 heavy (non-hydrogen) atoms. The standard InChI is InChI=1S/2C30H40N4O3S.C22H30N2O3.C8H12N2OS.CH4.B8.ClH/c2*1-18-14-26(38-5)24(28(35)32-18)15-31-29(36)27-20(3)34(25-9-7-6-8-23(25)27)19(2)21-10-12-22(13-11-21)33-30(4)16-37-17-30;1-14(16-8-10-17(11-9-16)23-22(3)12-27-13-22)24-15(2)20(21(25)26)18-6-4-5-7-19(18)24;1-5-3-7(12-2)6(4-9)8(11)10-5;;1-6(2)8(5)7(3)4;/h2*6-9,14,19,21-22,33H,10-13,15-17H2,1-5H3,(H,31,36)(H,32,35);4-7,14,16-17,23H,8-13H2,1-3H3,(H,25,26);3H,4,9H2,1-2H3,(H,10,11);1H4;;1H/t2*19-,21?,22?;14-,16?,17?;;;;/m111..../s1. The van der Waals surface area contributed by atoms with Crippen LogP contribution in [0.15, 0.2) is 120 Å². The Morgan fingerprint density at radius 1 is 0.472 bits per heavy atom. The van der Waals surface area contributed by atoms with Crippen LogP contribution in [0, 0.1) is 59.3 Å². The van der Waals surface area contributed by atoms with Gasteiger partial charge in [-0.05, 0) is 233 Å². The molecule has 3 saturated heterocycles. The number of nitrogens with one attached hydrogen (secondary N) is 8. The predicted molar refractivity (Wildman–Crippen MR) is 526 cm³/mol. The number of hydrogen-bond donors (Lipinski definition) is 10.